The zero-order valence-corrected chi connectivity index (χ0v) is 15.5. The molecule has 3 N–H and O–H groups in total. The van der Waals surface area contributed by atoms with Gasteiger partial charge < -0.3 is 9.84 Å². The van der Waals surface area contributed by atoms with Crippen LogP contribution in [0, 0.1) is 0 Å². The van der Waals surface area contributed by atoms with Crippen LogP contribution < -0.4 is 16.2 Å². The molecule has 3 aromatic rings. The Morgan fingerprint density at radius 2 is 1.69 bits per heavy atom. The van der Waals surface area contributed by atoms with Crippen LogP contribution in [0.2, 0.25) is 0 Å². The number of hydrazine groups is 1. The van der Waals surface area contributed by atoms with Crippen LogP contribution in [0.25, 0.3) is 17.4 Å². The van der Waals surface area contributed by atoms with Crippen LogP contribution in [0.1, 0.15) is 23.0 Å². The number of nitrogens with one attached hydrogen (secondary N) is 3. The van der Waals surface area contributed by atoms with Gasteiger partial charge in [0, 0.05) is 30.3 Å². The molecule has 8 heteroatoms. The second-order valence-electron chi connectivity index (χ2n) is 6.02. The van der Waals surface area contributed by atoms with Crippen LogP contribution in [0.3, 0.4) is 0 Å². The molecule has 1 aromatic heterocycles. The van der Waals surface area contributed by atoms with E-state index in [1.165, 1.54) is 19.1 Å². The summed E-state index contributed by atoms with van der Waals surface area (Å²) >= 11 is 0. The van der Waals surface area contributed by atoms with Gasteiger partial charge in [0.15, 0.2) is 11.5 Å². The summed E-state index contributed by atoms with van der Waals surface area (Å²) in [4.78, 5) is 35.0. The standard InChI is InChI=1S/C21H18N4O4/c1-14(26)22-17-10-7-15(8-11-17)9-12-20(27)23-24-21(28)18-13-19(29-25-18)16-5-3-2-4-6-16/h2-13H,1H3,(H,22,26)(H,23,27)(H,24,28)/b12-9+. The Hall–Kier alpha value is -4.20. The molecular formula is C21H18N4O4. The van der Waals surface area contributed by atoms with Crippen LogP contribution in [0.5, 0.6) is 0 Å². The zero-order chi connectivity index (χ0) is 20.6. The number of hydrogen-bond acceptors (Lipinski definition) is 5. The van der Waals surface area contributed by atoms with Crippen molar-refractivity contribution in [1.29, 1.82) is 0 Å². The van der Waals surface area contributed by atoms with Crippen LogP contribution in [-0.2, 0) is 9.59 Å². The van der Waals surface area contributed by atoms with Gasteiger partial charge in [0.1, 0.15) is 0 Å². The highest BCUT2D eigenvalue weighted by atomic mass is 16.5. The van der Waals surface area contributed by atoms with E-state index in [-0.39, 0.29) is 11.6 Å². The minimum absolute atomic E-state index is 0.0432. The molecule has 2 aromatic carbocycles. The molecule has 0 bridgehead atoms. The molecule has 0 spiro atoms. The summed E-state index contributed by atoms with van der Waals surface area (Å²) in [6.45, 7) is 1.42. The fourth-order valence-corrected chi connectivity index (χ4v) is 2.40. The van der Waals surface area contributed by atoms with Gasteiger partial charge in [-0.1, -0.05) is 47.6 Å². The van der Waals surface area contributed by atoms with Gasteiger partial charge in [-0.2, -0.15) is 0 Å². The minimum Gasteiger partial charge on any atom is -0.355 e. The van der Waals surface area contributed by atoms with Crippen LogP contribution in [0.15, 0.2) is 71.3 Å². The van der Waals surface area contributed by atoms with Crippen molar-refractivity contribution in [3.8, 4) is 11.3 Å². The summed E-state index contributed by atoms with van der Waals surface area (Å²) in [5.41, 5.74) is 6.79. The first-order valence-corrected chi connectivity index (χ1v) is 8.69. The molecule has 0 aliphatic carbocycles. The maximum atomic E-state index is 12.1. The summed E-state index contributed by atoms with van der Waals surface area (Å²) in [7, 11) is 0. The smallest absolute Gasteiger partial charge is 0.291 e. The van der Waals surface area contributed by atoms with Gasteiger partial charge in [0.2, 0.25) is 5.91 Å². The van der Waals surface area contributed by atoms with Crippen molar-refractivity contribution < 1.29 is 18.9 Å². The Labute approximate surface area is 166 Å². The van der Waals surface area contributed by atoms with Crippen LogP contribution in [0.4, 0.5) is 5.69 Å². The molecule has 0 saturated carbocycles. The third kappa shape index (κ3) is 5.64. The normalized spacial score (nSPS) is 10.5. The Morgan fingerprint density at radius 3 is 2.38 bits per heavy atom. The Kier molecular flexibility index (Phi) is 6.16. The molecule has 0 saturated heterocycles. The molecule has 3 rings (SSSR count). The number of hydrogen-bond donors (Lipinski definition) is 3. The van der Waals surface area contributed by atoms with Gasteiger partial charge >= 0.3 is 0 Å². The third-order valence-electron chi connectivity index (χ3n) is 3.76. The monoisotopic (exact) mass is 390 g/mol. The van der Waals surface area contributed by atoms with Crippen molar-refractivity contribution in [2.24, 2.45) is 0 Å². The van der Waals surface area contributed by atoms with Crippen molar-refractivity contribution >= 4 is 29.5 Å². The largest absolute Gasteiger partial charge is 0.355 e. The number of benzene rings is 2. The second kappa shape index (κ2) is 9.14. The van der Waals surface area contributed by atoms with E-state index in [0.717, 1.165) is 11.1 Å². The first-order valence-electron chi connectivity index (χ1n) is 8.69. The predicted octanol–water partition coefficient (Wildman–Crippen LogP) is 2.77. The van der Waals surface area contributed by atoms with E-state index in [1.54, 1.807) is 30.3 Å². The summed E-state index contributed by atoms with van der Waals surface area (Å²) in [6, 6.07) is 17.6. The Bertz CT molecular complexity index is 1040. The third-order valence-corrected chi connectivity index (χ3v) is 3.76. The van der Waals surface area contributed by atoms with Gasteiger partial charge in [-0.25, -0.2) is 0 Å². The summed E-state index contributed by atoms with van der Waals surface area (Å²) in [5.74, 6) is -0.829. The van der Waals surface area contributed by atoms with E-state index in [4.69, 9.17) is 4.52 Å². The van der Waals surface area contributed by atoms with Crippen molar-refractivity contribution in [3.63, 3.8) is 0 Å². The molecule has 8 nitrogen and oxygen atoms in total. The van der Waals surface area contributed by atoms with Gasteiger partial charge in [0.05, 0.1) is 0 Å². The fourth-order valence-electron chi connectivity index (χ4n) is 2.40. The lowest BCUT2D eigenvalue weighted by atomic mass is 10.1. The Balaban J connectivity index is 1.51. The molecule has 3 amide bonds. The molecule has 0 fully saturated rings. The van der Waals surface area contributed by atoms with Gasteiger partial charge in [-0.3, -0.25) is 25.2 Å². The number of rotatable bonds is 5. The lowest BCUT2D eigenvalue weighted by Crippen LogP contribution is -2.40. The topological polar surface area (TPSA) is 113 Å². The second-order valence-corrected chi connectivity index (χ2v) is 6.02. The predicted molar refractivity (Wildman–Crippen MR) is 107 cm³/mol. The summed E-state index contributed by atoms with van der Waals surface area (Å²) in [6.07, 6.45) is 2.84. The number of amides is 3. The molecule has 0 aliphatic heterocycles. The number of carbonyl (C=O) groups excluding carboxylic acids is 3. The van der Waals surface area contributed by atoms with Gasteiger partial charge in [0.25, 0.3) is 11.8 Å². The molecular weight excluding hydrogens is 372 g/mol. The average Bonchev–Trinajstić information content (AvgIpc) is 3.22. The van der Waals surface area contributed by atoms with Gasteiger partial charge in [-0.05, 0) is 23.8 Å². The maximum absolute atomic E-state index is 12.1. The molecule has 0 unspecified atom stereocenters. The van der Waals surface area contributed by atoms with E-state index in [0.29, 0.717) is 11.4 Å². The van der Waals surface area contributed by atoms with E-state index < -0.39 is 11.8 Å². The number of nitrogens with zero attached hydrogens (tertiary/aromatic N) is 1. The van der Waals surface area contributed by atoms with Crippen molar-refractivity contribution in [2.45, 2.75) is 6.92 Å². The Morgan fingerprint density at radius 1 is 0.966 bits per heavy atom. The van der Waals surface area contributed by atoms with Crippen molar-refractivity contribution in [3.05, 3.63) is 78.0 Å². The lowest BCUT2D eigenvalue weighted by Gasteiger charge is -2.03. The van der Waals surface area contributed by atoms with E-state index >= 15 is 0 Å². The van der Waals surface area contributed by atoms with E-state index in [2.05, 4.69) is 21.3 Å². The average molecular weight is 390 g/mol. The molecule has 0 radical (unpaired) electrons. The van der Waals surface area contributed by atoms with Crippen molar-refractivity contribution in [2.75, 3.05) is 5.32 Å². The van der Waals surface area contributed by atoms with Crippen LogP contribution in [-0.4, -0.2) is 22.9 Å². The molecule has 146 valence electrons. The first-order chi connectivity index (χ1) is 14.0. The molecule has 0 atom stereocenters. The number of carbonyl (C=O) groups is 3. The lowest BCUT2D eigenvalue weighted by molar-refractivity contribution is -0.117. The summed E-state index contributed by atoms with van der Waals surface area (Å²) < 4.78 is 5.15. The SMILES string of the molecule is CC(=O)Nc1ccc(/C=C/C(=O)NNC(=O)c2cc(-c3ccccc3)on2)cc1. The van der Waals surface area contributed by atoms with Gasteiger partial charge in [-0.15, -0.1) is 0 Å². The quantitative estimate of drug-likeness (QED) is 0.458. The van der Waals surface area contributed by atoms with E-state index in [9.17, 15) is 14.4 Å². The summed E-state index contributed by atoms with van der Waals surface area (Å²) in [5, 5.41) is 6.36. The number of aromatic nitrogens is 1. The van der Waals surface area contributed by atoms with Crippen LogP contribution >= 0.6 is 0 Å². The number of anilines is 1. The minimum atomic E-state index is -0.600. The molecule has 1 heterocycles. The van der Waals surface area contributed by atoms with E-state index in [1.807, 2.05) is 30.3 Å². The highest BCUT2D eigenvalue weighted by Crippen LogP contribution is 2.19. The molecule has 0 aliphatic rings. The highest BCUT2D eigenvalue weighted by Gasteiger charge is 2.13. The highest BCUT2D eigenvalue weighted by molar-refractivity contribution is 5.97. The first kappa shape index (κ1) is 19.6. The maximum Gasteiger partial charge on any atom is 0.291 e. The van der Waals surface area contributed by atoms with Crippen molar-refractivity contribution in [1.82, 2.24) is 16.0 Å². The molecule has 29 heavy (non-hydrogen) atoms. The fraction of sp³-hybridized carbons (Fsp3) is 0.0476. The zero-order valence-electron chi connectivity index (χ0n) is 15.5.